The second kappa shape index (κ2) is 6.29. The Hall–Kier alpha value is -3.15. The second-order valence-corrected chi connectivity index (χ2v) is 6.74. The molecule has 1 fully saturated rings. The number of hydrogen-bond acceptors (Lipinski definition) is 3. The van der Waals surface area contributed by atoms with Crippen molar-refractivity contribution in [1.29, 1.82) is 0 Å². The van der Waals surface area contributed by atoms with Crippen LogP contribution in [0.2, 0.25) is 0 Å². The molecule has 1 aliphatic rings. The van der Waals surface area contributed by atoms with Crippen molar-refractivity contribution in [2.24, 2.45) is 0 Å². The first-order valence-electron chi connectivity index (χ1n) is 8.65. The van der Waals surface area contributed by atoms with Crippen LogP contribution in [0.1, 0.15) is 23.0 Å². The molecule has 0 saturated carbocycles. The molecule has 0 bridgehead atoms. The summed E-state index contributed by atoms with van der Waals surface area (Å²) in [6, 6.07) is 15.3. The van der Waals surface area contributed by atoms with Crippen molar-refractivity contribution in [2.45, 2.75) is 19.9 Å². The topological polar surface area (TPSA) is 69.3 Å². The molecule has 0 spiro atoms. The van der Waals surface area contributed by atoms with Crippen molar-refractivity contribution in [2.75, 3.05) is 18.0 Å². The van der Waals surface area contributed by atoms with Crippen LogP contribution in [0.25, 0.3) is 10.9 Å². The summed E-state index contributed by atoms with van der Waals surface area (Å²) in [5.41, 5.74) is 3.19. The molecule has 2 heterocycles. The number of para-hydroxylation sites is 1. The number of benzene rings is 2. The fourth-order valence-electron chi connectivity index (χ4n) is 3.36. The van der Waals surface area contributed by atoms with Gasteiger partial charge in [0.2, 0.25) is 5.91 Å². The summed E-state index contributed by atoms with van der Waals surface area (Å²) in [7, 11) is 0. The zero-order chi connectivity index (χ0) is 18.3. The lowest BCUT2D eigenvalue weighted by atomic mass is 10.1. The number of amides is 2. The number of aryl methyl sites for hydroxylation is 1. The number of aromatic nitrogens is 2. The van der Waals surface area contributed by atoms with Crippen molar-refractivity contribution >= 4 is 28.4 Å². The Morgan fingerprint density at radius 3 is 2.65 bits per heavy atom. The number of nitrogens with one attached hydrogen (secondary N) is 1. The van der Waals surface area contributed by atoms with Gasteiger partial charge >= 0.3 is 0 Å². The van der Waals surface area contributed by atoms with Crippen LogP contribution in [0.3, 0.4) is 0 Å². The molecule has 1 N–H and O–H groups in total. The third-order valence-corrected chi connectivity index (χ3v) is 4.86. The molecular formula is C20H20N4O2. The van der Waals surface area contributed by atoms with Gasteiger partial charge in [-0.1, -0.05) is 35.9 Å². The standard InChI is InChI=1S/C20H20N4O2/c1-13-7-9-15(10-8-13)24-11-14(2)23(12-18(24)25)20(26)19-16-5-3-4-6-17(16)21-22-19/h3-10,14H,11-12H2,1-2H3,(H,21,22)/t14-/m0/s1. The van der Waals surface area contributed by atoms with Gasteiger partial charge in [-0.2, -0.15) is 5.10 Å². The molecule has 4 rings (SSSR count). The highest BCUT2D eigenvalue weighted by Gasteiger charge is 2.35. The van der Waals surface area contributed by atoms with Gasteiger partial charge < -0.3 is 9.80 Å². The van der Waals surface area contributed by atoms with Crippen molar-refractivity contribution in [3.8, 4) is 0 Å². The first kappa shape index (κ1) is 16.3. The third-order valence-electron chi connectivity index (χ3n) is 4.86. The molecule has 2 aromatic carbocycles. The number of fused-ring (bicyclic) bond motifs is 1. The Balaban J connectivity index is 1.58. The van der Waals surface area contributed by atoms with Crippen LogP contribution in [0.15, 0.2) is 48.5 Å². The first-order valence-corrected chi connectivity index (χ1v) is 8.65. The molecule has 0 radical (unpaired) electrons. The summed E-state index contributed by atoms with van der Waals surface area (Å²) < 4.78 is 0. The van der Waals surface area contributed by atoms with Crippen LogP contribution in [0.5, 0.6) is 0 Å². The van der Waals surface area contributed by atoms with E-state index in [1.165, 1.54) is 0 Å². The SMILES string of the molecule is Cc1ccc(N2C[C@H](C)N(C(=O)c3n[nH]c4ccccc34)CC2=O)cc1. The van der Waals surface area contributed by atoms with E-state index in [1.807, 2.05) is 62.4 Å². The van der Waals surface area contributed by atoms with Gasteiger partial charge in [0, 0.05) is 23.7 Å². The first-order chi connectivity index (χ1) is 12.5. The maximum atomic E-state index is 13.0. The minimum Gasteiger partial charge on any atom is -0.323 e. The smallest absolute Gasteiger partial charge is 0.275 e. The molecule has 0 unspecified atom stereocenters. The van der Waals surface area contributed by atoms with Gasteiger partial charge in [0.25, 0.3) is 5.91 Å². The monoisotopic (exact) mass is 348 g/mol. The Morgan fingerprint density at radius 2 is 1.88 bits per heavy atom. The number of hydrogen-bond donors (Lipinski definition) is 1. The van der Waals surface area contributed by atoms with E-state index in [9.17, 15) is 9.59 Å². The maximum Gasteiger partial charge on any atom is 0.275 e. The Bertz CT molecular complexity index is 977. The van der Waals surface area contributed by atoms with Crippen molar-refractivity contribution in [1.82, 2.24) is 15.1 Å². The average molecular weight is 348 g/mol. The van der Waals surface area contributed by atoms with Crippen molar-refractivity contribution in [3.05, 3.63) is 59.8 Å². The lowest BCUT2D eigenvalue weighted by molar-refractivity contribution is -0.121. The highest BCUT2D eigenvalue weighted by Crippen LogP contribution is 2.23. The summed E-state index contributed by atoms with van der Waals surface area (Å²) >= 11 is 0. The van der Waals surface area contributed by atoms with Gasteiger partial charge in [-0.15, -0.1) is 0 Å². The molecule has 1 saturated heterocycles. The van der Waals surface area contributed by atoms with Gasteiger partial charge in [-0.25, -0.2) is 0 Å². The van der Waals surface area contributed by atoms with E-state index < -0.39 is 0 Å². The van der Waals surface area contributed by atoms with Crippen molar-refractivity contribution < 1.29 is 9.59 Å². The number of anilines is 1. The van der Waals surface area contributed by atoms with Gasteiger partial charge in [0.15, 0.2) is 5.69 Å². The summed E-state index contributed by atoms with van der Waals surface area (Å²) in [6.07, 6.45) is 0. The fourth-order valence-corrected chi connectivity index (χ4v) is 3.36. The molecule has 2 amide bonds. The molecule has 0 aliphatic carbocycles. The maximum absolute atomic E-state index is 13.0. The van der Waals surface area contributed by atoms with Gasteiger partial charge in [0.05, 0.1) is 5.52 Å². The normalized spacial score (nSPS) is 17.8. The summed E-state index contributed by atoms with van der Waals surface area (Å²) in [5.74, 6) is -0.299. The van der Waals surface area contributed by atoms with E-state index in [2.05, 4.69) is 10.2 Å². The highest BCUT2D eigenvalue weighted by atomic mass is 16.2. The molecule has 6 nitrogen and oxygen atoms in total. The van der Waals surface area contributed by atoms with Crippen LogP contribution in [0.4, 0.5) is 5.69 Å². The number of rotatable bonds is 2. The van der Waals surface area contributed by atoms with Crippen molar-refractivity contribution in [3.63, 3.8) is 0 Å². The van der Waals surface area contributed by atoms with Crippen LogP contribution >= 0.6 is 0 Å². The molecule has 6 heteroatoms. The molecule has 3 aromatic rings. The van der Waals surface area contributed by atoms with E-state index in [0.29, 0.717) is 12.2 Å². The molecular weight excluding hydrogens is 328 g/mol. The van der Waals surface area contributed by atoms with Gasteiger partial charge in [0.1, 0.15) is 6.54 Å². The summed E-state index contributed by atoms with van der Waals surface area (Å²) in [5, 5.41) is 7.83. The van der Waals surface area contributed by atoms with E-state index in [-0.39, 0.29) is 24.4 Å². The lowest BCUT2D eigenvalue weighted by Gasteiger charge is -2.39. The predicted molar refractivity (Wildman–Crippen MR) is 100 cm³/mol. The predicted octanol–water partition coefficient (Wildman–Crippen LogP) is 2.75. The number of nitrogens with zero attached hydrogens (tertiary/aromatic N) is 3. The quantitative estimate of drug-likeness (QED) is 0.774. The van der Waals surface area contributed by atoms with Gasteiger partial charge in [-0.3, -0.25) is 14.7 Å². The number of carbonyl (C=O) groups is 2. The second-order valence-electron chi connectivity index (χ2n) is 6.74. The molecule has 1 atom stereocenters. The largest absolute Gasteiger partial charge is 0.323 e. The van der Waals surface area contributed by atoms with E-state index in [4.69, 9.17) is 0 Å². The minimum atomic E-state index is -0.216. The summed E-state index contributed by atoms with van der Waals surface area (Å²) in [4.78, 5) is 29.0. The average Bonchev–Trinajstić information content (AvgIpc) is 3.08. The number of aromatic amines is 1. The van der Waals surface area contributed by atoms with E-state index >= 15 is 0 Å². The fraction of sp³-hybridized carbons (Fsp3) is 0.250. The molecule has 132 valence electrons. The number of carbonyl (C=O) groups excluding carboxylic acids is 2. The number of piperazine rings is 1. The van der Waals surface area contributed by atoms with Crippen LogP contribution in [-0.2, 0) is 4.79 Å². The third kappa shape index (κ3) is 2.73. The molecule has 26 heavy (non-hydrogen) atoms. The molecule has 1 aromatic heterocycles. The molecule has 1 aliphatic heterocycles. The summed E-state index contributed by atoms with van der Waals surface area (Å²) in [6.45, 7) is 4.49. The van der Waals surface area contributed by atoms with E-state index in [1.54, 1.807) is 9.80 Å². The number of H-pyrrole nitrogens is 1. The lowest BCUT2D eigenvalue weighted by Crippen LogP contribution is -2.57. The van der Waals surface area contributed by atoms with Gasteiger partial charge in [-0.05, 0) is 32.0 Å². The van der Waals surface area contributed by atoms with Crippen LogP contribution in [-0.4, -0.2) is 46.0 Å². The van der Waals surface area contributed by atoms with Crippen LogP contribution in [0, 0.1) is 6.92 Å². The minimum absolute atomic E-state index is 0.0507. The zero-order valence-corrected chi connectivity index (χ0v) is 14.8. The van der Waals surface area contributed by atoms with Crippen LogP contribution < -0.4 is 4.90 Å². The Labute approximate surface area is 151 Å². The zero-order valence-electron chi connectivity index (χ0n) is 14.8. The van der Waals surface area contributed by atoms with E-state index in [0.717, 1.165) is 22.2 Å². The Kier molecular flexibility index (Phi) is 3.95. The Morgan fingerprint density at radius 1 is 1.15 bits per heavy atom. The highest BCUT2D eigenvalue weighted by molar-refractivity contribution is 6.07.